The maximum absolute atomic E-state index is 12.7. The lowest BCUT2D eigenvalue weighted by molar-refractivity contribution is 0.0874. The first kappa shape index (κ1) is 16.5. The molecule has 0 saturated heterocycles. The fourth-order valence-electron chi connectivity index (χ4n) is 3.74. The number of aliphatic hydroxyl groups excluding tert-OH is 1. The fraction of sp³-hybridized carbons (Fsp3) is 0.316. The van der Waals surface area contributed by atoms with Crippen LogP contribution in [0.2, 0.25) is 0 Å². The summed E-state index contributed by atoms with van der Waals surface area (Å²) in [5.74, 6) is 0.0190. The molecule has 1 aliphatic carbocycles. The van der Waals surface area contributed by atoms with Crippen molar-refractivity contribution < 1.29 is 9.90 Å². The Hall–Kier alpha value is -2.93. The largest absolute Gasteiger partial charge is 0.391 e. The Bertz CT molecular complexity index is 980. The molecule has 134 valence electrons. The highest BCUT2D eigenvalue weighted by Gasteiger charge is 2.34. The predicted molar refractivity (Wildman–Crippen MR) is 96.8 cm³/mol. The molecule has 1 unspecified atom stereocenters. The van der Waals surface area contributed by atoms with Crippen molar-refractivity contribution in [3.8, 4) is 0 Å². The van der Waals surface area contributed by atoms with Gasteiger partial charge in [-0.3, -0.25) is 14.3 Å². The second-order valence-electron chi connectivity index (χ2n) is 6.82. The van der Waals surface area contributed by atoms with E-state index in [0.717, 1.165) is 6.54 Å². The highest BCUT2D eigenvalue weighted by molar-refractivity contribution is 6.06. The smallest absolute Gasteiger partial charge is 0.252 e. The van der Waals surface area contributed by atoms with Gasteiger partial charge in [0, 0.05) is 42.2 Å². The van der Waals surface area contributed by atoms with E-state index in [9.17, 15) is 14.7 Å². The number of fused-ring (bicyclic) bond motifs is 1. The third-order valence-electron chi connectivity index (χ3n) is 4.98. The number of hydrogen-bond donors (Lipinski definition) is 3. The van der Waals surface area contributed by atoms with Crippen molar-refractivity contribution >= 4 is 16.7 Å². The molecule has 3 aromatic rings. The summed E-state index contributed by atoms with van der Waals surface area (Å²) in [6.45, 7) is 0.728. The van der Waals surface area contributed by atoms with Crippen molar-refractivity contribution in [1.82, 2.24) is 20.1 Å². The summed E-state index contributed by atoms with van der Waals surface area (Å²) in [5, 5.41) is 18.9. The minimum absolute atomic E-state index is 0.206. The van der Waals surface area contributed by atoms with Gasteiger partial charge in [-0.2, -0.15) is 5.10 Å². The summed E-state index contributed by atoms with van der Waals surface area (Å²) in [6.07, 6.45) is 5.94. The normalized spacial score (nSPS) is 22.6. The van der Waals surface area contributed by atoms with Gasteiger partial charge < -0.3 is 15.4 Å². The number of hydrogen-bond acceptors (Lipinski definition) is 4. The minimum atomic E-state index is -0.575. The van der Waals surface area contributed by atoms with Crippen LogP contribution >= 0.6 is 0 Å². The van der Waals surface area contributed by atoms with Gasteiger partial charge in [0.15, 0.2) is 0 Å². The molecule has 0 bridgehead atoms. The molecule has 1 aliphatic rings. The molecule has 3 atom stereocenters. The van der Waals surface area contributed by atoms with Crippen LogP contribution in [0.5, 0.6) is 0 Å². The molecule has 4 rings (SSSR count). The van der Waals surface area contributed by atoms with Crippen LogP contribution in [0.3, 0.4) is 0 Å². The third-order valence-corrected chi connectivity index (χ3v) is 4.98. The molecule has 1 amide bonds. The molecule has 0 radical (unpaired) electrons. The second kappa shape index (κ2) is 6.76. The van der Waals surface area contributed by atoms with E-state index in [1.54, 1.807) is 30.6 Å². The van der Waals surface area contributed by atoms with Crippen LogP contribution in [0.25, 0.3) is 10.8 Å². The standard InChI is InChI=1S/C19H20N4O3/c24-17-8-12(11-23-6-2-5-21-23)7-16(17)22-19(26)14-4-1-3-13-9-18(25)20-10-15(13)14/h1-6,9-10,12,16-17,24H,7-8,11H2,(H,20,25)(H,22,26)/t12?,16-,17-/m1/s1. The van der Waals surface area contributed by atoms with E-state index >= 15 is 0 Å². The molecule has 26 heavy (non-hydrogen) atoms. The van der Waals surface area contributed by atoms with Crippen LogP contribution in [0.1, 0.15) is 23.2 Å². The number of carbonyl (C=O) groups excluding carboxylic acids is 1. The number of carbonyl (C=O) groups is 1. The van der Waals surface area contributed by atoms with E-state index in [1.807, 2.05) is 16.9 Å². The van der Waals surface area contributed by atoms with Crippen LogP contribution in [0.4, 0.5) is 0 Å². The zero-order chi connectivity index (χ0) is 18.1. The van der Waals surface area contributed by atoms with Crippen molar-refractivity contribution in [3.63, 3.8) is 0 Å². The fourth-order valence-corrected chi connectivity index (χ4v) is 3.74. The zero-order valence-corrected chi connectivity index (χ0v) is 14.1. The average Bonchev–Trinajstić information content (AvgIpc) is 3.24. The van der Waals surface area contributed by atoms with Gasteiger partial charge >= 0.3 is 0 Å². The second-order valence-corrected chi connectivity index (χ2v) is 6.82. The van der Waals surface area contributed by atoms with Gasteiger partial charge in [0.05, 0.1) is 12.1 Å². The van der Waals surface area contributed by atoms with E-state index in [1.165, 1.54) is 6.07 Å². The van der Waals surface area contributed by atoms with Gasteiger partial charge in [-0.1, -0.05) is 12.1 Å². The van der Waals surface area contributed by atoms with Crippen molar-refractivity contribution in [3.05, 3.63) is 64.8 Å². The highest BCUT2D eigenvalue weighted by Crippen LogP contribution is 2.28. The number of H-pyrrole nitrogens is 1. The van der Waals surface area contributed by atoms with Crippen molar-refractivity contribution in [2.24, 2.45) is 5.92 Å². The Balaban J connectivity index is 1.49. The van der Waals surface area contributed by atoms with E-state index < -0.39 is 6.10 Å². The number of aromatic nitrogens is 3. The Kier molecular flexibility index (Phi) is 4.30. The number of pyridine rings is 1. The lowest BCUT2D eigenvalue weighted by atomic mass is 10.1. The van der Waals surface area contributed by atoms with Crippen molar-refractivity contribution in [2.75, 3.05) is 0 Å². The molecule has 1 fully saturated rings. The van der Waals surface area contributed by atoms with E-state index in [-0.39, 0.29) is 23.4 Å². The third kappa shape index (κ3) is 3.25. The molecule has 0 spiro atoms. The molecule has 7 heteroatoms. The SMILES string of the molecule is O=C(N[C@@H]1CC(Cn2cccn2)C[C@H]1O)c1cccc2cc(=O)[nH]cc12. The molecule has 2 aromatic heterocycles. The molecule has 3 N–H and O–H groups in total. The highest BCUT2D eigenvalue weighted by atomic mass is 16.3. The molecule has 1 saturated carbocycles. The average molecular weight is 352 g/mol. The van der Waals surface area contributed by atoms with E-state index in [4.69, 9.17) is 0 Å². The Morgan fingerprint density at radius 2 is 2.23 bits per heavy atom. The van der Waals surface area contributed by atoms with Crippen LogP contribution < -0.4 is 10.9 Å². The summed E-state index contributed by atoms with van der Waals surface area (Å²) < 4.78 is 1.85. The molecule has 2 heterocycles. The van der Waals surface area contributed by atoms with Crippen LogP contribution in [-0.4, -0.2) is 37.9 Å². The molecular weight excluding hydrogens is 332 g/mol. The quantitative estimate of drug-likeness (QED) is 0.659. The van der Waals surface area contributed by atoms with Gasteiger partial charge in [0.25, 0.3) is 5.91 Å². The van der Waals surface area contributed by atoms with Crippen molar-refractivity contribution in [2.45, 2.75) is 31.5 Å². The number of amides is 1. The Morgan fingerprint density at radius 1 is 1.35 bits per heavy atom. The summed E-state index contributed by atoms with van der Waals surface area (Å²) in [4.78, 5) is 26.8. The summed E-state index contributed by atoms with van der Waals surface area (Å²) in [5.41, 5.74) is 0.282. The molecule has 7 nitrogen and oxygen atoms in total. The molecule has 1 aromatic carbocycles. The van der Waals surface area contributed by atoms with Gasteiger partial charge in [-0.05, 0) is 36.3 Å². The monoisotopic (exact) mass is 352 g/mol. The predicted octanol–water partition coefficient (Wildman–Crippen LogP) is 1.29. The van der Waals surface area contributed by atoms with Gasteiger partial charge in [-0.25, -0.2) is 0 Å². The number of rotatable bonds is 4. The minimum Gasteiger partial charge on any atom is -0.391 e. The first-order valence-corrected chi connectivity index (χ1v) is 8.68. The summed E-state index contributed by atoms with van der Waals surface area (Å²) in [7, 11) is 0. The maximum Gasteiger partial charge on any atom is 0.252 e. The number of aromatic amines is 1. The lowest BCUT2D eigenvalue weighted by Crippen LogP contribution is -2.40. The number of nitrogens with zero attached hydrogens (tertiary/aromatic N) is 2. The van der Waals surface area contributed by atoms with E-state index in [0.29, 0.717) is 29.2 Å². The van der Waals surface area contributed by atoms with Crippen LogP contribution in [0, 0.1) is 5.92 Å². The number of nitrogens with one attached hydrogen (secondary N) is 2. The Morgan fingerprint density at radius 3 is 3.04 bits per heavy atom. The number of benzene rings is 1. The zero-order valence-electron chi connectivity index (χ0n) is 14.1. The van der Waals surface area contributed by atoms with Gasteiger partial charge in [-0.15, -0.1) is 0 Å². The summed E-state index contributed by atoms with van der Waals surface area (Å²) in [6, 6.07) is 8.32. The lowest BCUT2D eigenvalue weighted by Gasteiger charge is -2.17. The first-order valence-electron chi connectivity index (χ1n) is 8.68. The number of aliphatic hydroxyl groups is 1. The van der Waals surface area contributed by atoms with E-state index in [2.05, 4.69) is 15.4 Å². The molecule has 0 aliphatic heterocycles. The van der Waals surface area contributed by atoms with Gasteiger partial charge in [0.1, 0.15) is 0 Å². The van der Waals surface area contributed by atoms with Crippen LogP contribution in [0.15, 0.2) is 53.7 Å². The summed E-state index contributed by atoms with van der Waals surface area (Å²) >= 11 is 0. The topological polar surface area (TPSA) is 100 Å². The van der Waals surface area contributed by atoms with Crippen LogP contribution in [-0.2, 0) is 6.54 Å². The first-order chi connectivity index (χ1) is 12.6. The maximum atomic E-state index is 12.7. The van der Waals surface area contributed by atoms with Gasteiger partial charge in [0.2, 0.25) is 5.56 Å². The van der Waals surface area contributed by atoms with Crippen molar-refractivity contribution in [1.29, 1.82) is 0 Å². The molecular formula is C19H20N4O3. The Labute approximate surface area is 149 Å².